The van der Waals surface area contributed by atoms with Gasteiger partial charge in [0, 0.05) is 28.6 Å². The van der Waals surface area contributed by atoms with E-state index in [1.165, 1.54) is 4.31 Å². The Labute approximate surface area is 143 Å². The van der Waals surface area contributed by atoms with Gasteiger partial charge in [0.05, 0.1) is 11.0 Å². The third-order valence-corrected chi connectivity index (χ3v) is 6.76. The summed E-state index contributed by atoms with van der Waals surface area (Å²) < 4.78 is 34.2. The lowest BCUT2D eigenvalue weighted by Crippen LogP contribution is -2.43. The van der Waals surface area contributed by atoms with E-state index in [1.54, 1.807) is 12.1 Å². The lowest BCUT2D eigenvalue weighted by molar-refractivity contribution is 0.0193. The zero-order valence-electron chi connectivity index (χ0n) is 11.9. The number of rotatable bonds is 5. The molecule has 21 heavy (non-hydrogen) atoms. The predicted molar refractivity (Wildman–Crippen MR) is 89.9 cm³/mol. The average Bonchev–Trinajstić information content (AvgIpc) is 2.48. The molecule has 4 nitrogen and oxygen atoms in total. The number of hydrogen-bond donors (Lipinski definition) is 0. The van der Waals surface area contributed by atoms with Crippen molar-refractivity contribution >= 4 is 41.9 Å². The van der Waals surface area contributed by atoms with Crippen LogP contribution in [0.4, 0.5) is 0 Å². The second kappa shape index (κ2) is 7.55. The smallest absolute Gasteiger partial charge is 0.244 e. The van der Waals surface area contributed by atoms with Gasteiger partial charge in [-0.25, -0.2) is 8.42 Å². The van der Waals surface area contributed by atoms with Gasteiger partial charge in [0.2, 0.25) is 10.0 Å². The minimum Gasteiger partial charge on any atom is -0.377 e. The molecule has 1 aromatic rings. The number of sulfonamides is 1. The Morgan fingerprint density at radius 1 is 1.38 bits per heavy atom. The maximum Gasteiger partial charge on any atom is 0.244 e. The fraction of sp³-hybridized carbons (Fsp3) is 0.571. The second-order valence-corrected chi connectivity index (χ2v) is 8.75. The molecule has 1 aliphatic rings. The first kappa shape index (κ1) is 17.4. The third kappa shape index (κ3) is 4.28. The minimum absolute atomic E-state index is 0.000552. The zero-order chi connectivity index (χ0) is 15.5. The van der Waals surface area contributed by atoms with Gasteiger partial charge in [-0.1, -0.05) is 22.9 Å². The van der Waals surface area contributed by atoms with Crippen LogP contribution in [0.5, 0.6) is 0 Å². The molecule has 0 spiro atoms. The van der Waals surface area contributed by atoms with E-state index in [0.29, 0.717) is 29.1 Å². The van der Waals surface area contributed by atoms with Crippen molar-refractivity contribution in [1.82, 2.24) is 4.31 Å². The quantitative estimate of drug-likeness (QED) is 0.699. The van der Waals surface area contributed by atoms with Crippen LogP contribution in [-0.2, 0) is 14.8 Å². The van der Waals surface area contributed by atoms with Crippen molar-refractivity contribution in [2.45, 2.75) is 37.2 Å². The molecule has 0 aliphatic carbocycles. The predicted octanol–water partition coefficient (Wildman–Crippen LogP) is 3.79. The van der Waals surface area contributed by atoms with Crippen molar-refractivity contribution in [3.8, 4) is 0 Å². The maximum absolute atomic E-state index is 12.8. The maximum atomic E-state index is 12.8. The molecular weight excluding hydrogens is 422 g/mol. The summed E-state index contributed by atoms with van der Waals surface area (Å²) in [6.07, 6.45) is 2.70. The lowest BCUT2D eigenvalue weighted by Gasteiger charge is -2.32. The molecule has 0 N–H and O–H groups in total. The Bertz CT molecular complexity index is 592. The van der Waals surface area contributed by atoms with Gasteiger partial charge in [0.1, 0.15) is 0 Å². The van der Waals surface area contributed by atoms with E-state index in [2.05, 4.69) is 38.8 Å². The highest BCUT2D eigenvalue weighted by atomic mass is 79.9. The van der Waals surface area contributed by atoms with Gasteiger partial charge in [-0.2, -0.15) is 4.31 Å². The summed E-state index contributed by atoms with van der Waals surface area (Å²) in [7, 11) is -3.50. The Hall–Kier alpha value is 0.0500. The molecule has 1 fully saturated rings. The molecule has 0 saturated carbocycles. The molecule has 0 amide bonds. The fourth-order valence-electron chi connectivity index (χ4n) is 2.36. The summed E-state index contributed by atoms with van der Waals surface area (Å²) in [4.78, 5) is 0.299. The van der Waals surface area contributed by atoms with Gasteiger partial charge in [-0.3, -0.25) is 0 Å². The van der Waals surface area contributed by atoms with Gasteiger partial charge in [-0.05, 0) is 53.4 Å². The molecule has 1 aromatic carbocycles. The van der Waals surface area contributed by atoms with Gasteiger partial charge in [-0.15, -0.1) is 0 Å². The molecule has 7 heteroatoms. The summed E-state index contributed by atoms with van der Waals surface area (Å²) in [5.74, 6) is 0. The Morgan fingerprint density at radius 2 is 2.14 bits per heavy atom. The summed E-state index contributed by atoms with van der Waals surface area (Å²) in [5.41, 5.74) is 0. The number of hydrogen-bond acceptors (Lipinski definition) is 3. The summed E-state index contributed by atoms with van der Waals surface area (Å²) in [6.45, 7) is 3.71. The first-order valence-electron chi connectivity index (χ1n) is 7.02. The van der Waals surface area contributed by atoms with Crippen LogP contribution in [0.2, 0.25) is 0 Å². The molecule has 118 valence electrons. The molecule has 1 unspecified atom stereocenters. The van der Waals surface area contributed by atoms with Gasteiger partial charge in [0.15, 0.2) is 0 Å². The van der Waals surface area contributed by atoms with Gasteiger partial charge >= 0.3 is 0 Å². The Morgan fingerprint density at radius 3 is 2.86 bits per heavy atom. The molecule has 1 heterocycles. The van der Waals surface area contributed by atoms with E-state index in [1.807, 2.05) is 6.07 Å². The van der Waals surface area contributed by atoms with E-state index in [0.717, 1.165) is 23.7 Å². The second-order valence-electron chi connectivity index (χ2n) is 5.07. The molecule has 0 radical (unpaired) electrons. The van der Waals surface area contributed by atoms with Crippen LogP contribution in [0, 0.1) is 0 Å². The highest BCUT2D eigenvalue weighted by molar-refractivity contribution is 9.11. The van der Waals surface area contributed by atoms with Gasteiger partial charge < -0.3 is 4.74 Å². The molecule has 1 aliphatic heterocycles. The SMILES string of the molecule is CCCOC1CCCN(S(=O)(=O)c2cc(Br)ccc2Br)C1. The van der Waals surface area contributed by atoms with Crippen molar-refractivity contribution in [3.63, 3.8) is 0 Å². The Kier molecular flexibility index (Phi) is 6.25. The van der Waals surface area contributed by atoms with Crippen LogP contribution in [0.3, 0.4) is 0 Å². The van der Waals surface area contributed by atoms with Crippen molar-refractivity contribution < 1.29 is 13.2 Å². The third-order valence-electron chi connectivity index (χ3n) is 3.41. The molecule has 0 bridgehead atoms. The topological polar surface area (TPSA) is 46.6 Å². The monoisotopic (exact) mass is 439 g/mol. The number of nitrogens with zero attached hydrogens (tertiary/aromatic N) is 1. The minimum atomic E-state index is -3.50. The van der Waals surface area contributed by atoms with Crippen LogP contribution in [0.15, 0.2) is 32.0 Å². The van der Waals surface area contributed by atoms with Crippen LogP contribution >= 0.6 is 31.9 Å². The standard InChI is InChI=1S/C14H19Br2NO3S/c1-2-8-20-12-4-3-7-17(10-12)21(18,19)14-9-11(15)5-6-13(14)16/h5-6,9,12H,2-4,7-8,10H2,1H3. The van der Waals surface area contributed by atoms with E-state index >= 15 is 0 Å². The van der Waals surface area contributed by atoms with Crippen LogP contribution in [-0.4, -0.2) is 38.5 Å². The highest BCUT2D eigenvalue weighted by Gasteiger charge is 2.31. The van der Waals surface area contributed by atoms with Crippen LogP contribution in [0.25, 0.3) is 0 Å². The fourth-order valence-corrected chi connectivity index (χ4v) is 5.33. The largest absolute Gasteiger partial charge is 0.377 e. The first-order valence-corrected chi connectivity index (χ1v) is 10.0. The Balaban J connectivity index is 2.20. The number of halogens is 2. The van der Waals surface area contributed by atoms with Crippen molar-refractivity contribution in [2.24, 2.45) is 0 Å². The average molecular weight is 441 g/mol. The summed E-state index contributed by atoms with van der Waals surface area (Å²) in [6, 6.07) is 5.19. The van der Waals surface area contributed by atoms with Crippen molar-refractivity contribution in [3.05, 3.63) is 27.1 Å². The van der Waals surface area contributed by atoms with Crippen molar-refractivity contribution in [2.75, 3.05) is 19.7 Å². The van der Waals surface area contributed by atoms with Crippen LogP contribution < -0.4 is 0 Å². The van der Waals surface area contributed by atoms with E-state index in [4.69, 9.17) is 4.74 Å². The molecule has 1 saturated heterocycles. The highest BCUT2D eigenvalue weighted by Crippen LogP contribution is 2.30. The molecule has 2 rings (SSSR count). The normalized spacial score (nSPS) is 20.6. The number of piperidine rings is 1. The van der Waals surface area contributed by atoms with E-state index in [9.17, 15) is 8.42 Å². The lowest BCUT2D eigenvalue weighted by atomic mass is 10.1. The van der Waals surface area contributed by atoms with Gasteiger partial charge in [0.25, 0.3) is 0 Å². The van der Waals surface area contributed by atoms with Crippen molar-refractivity contribution in [1.29, 1.82) is 0 Å². The number of benzene rings is 1. The number of ether oxygens (including phenoxy) is 1. The molecule has 1 atom stereocenters. The zero-order valence-corrected chi connectivity index (χ0v) is 15.9. The molecule has 0 aromatic heterocycles. The van der Waals surface area contributed by atoms with E-state index < -0.39 is 10.0 Å². The van der Waals surface area contributed by atoms with E-state index in [-0.39, 0.29) is 6.10 Å². The first-order chi connectivity index (χ1) is 9.95. The van der Waals surface area contributed by atoms with Crippen LogP contribution in [0.1, 0.15) is 26.2 Å². The summed E-state index contributed by atoms with van der Waals surface area (Å²) >= 11 is 6.66. The summed E-state index contributed by atoms with van der Waals surface area (Å²) in [5, 5.41) is 0. The molecular formula is C14H19Br2NO3S.